The van der Waals surface area contributed by atoms with Crippen LogP contribution in [0, 0.1) is 45.6 Å². The third-order valence-corrected chi connectivity index (χ3v) is 0.905. The highest BCUT2D eigenvalue weighted by molar-refractivity contribution is 5.36. The molecule has 0 amide bonds. The van der Waals surface area contributed by atoms with E-state index in [4.69, 9.17) is 26.8 Å². The lowest BCUT2D eigenvalue weighted by molar-refractivity contribution is 0.691. The number of allylic oxidation sites excluding steroid dienone is 2. The van der Waals surface area contributed by atoms with E-state index in [1.807, 2.05) is 0 Å². The molecule has 0 unspecified atom stereocenters. The van der Waals surface area contributed by atoms with Crippen LogP contribution in [0.25, 0.3) is 0 Å². The van der Waals surface area contributed by atoms with Crippen LogP contribution in [0.2, 0.25) is 0 Å². The highest BCUT2D eigenvalue weighted by Crippen LogP contribution is 2.02. The molecular formula is C6H2N6. The van der Waals surface area contributed by atoms with Crippen LogP contribution in [0.15, 0.2) is 11.4 Å². The Morgan fingerprint density at radius 1 is 1.00 bits per heavy atom. The van der Waals surface area contributed by atoms with E-state index in [0.717, 1.165) is 0 Å². The van der Waals surface area contributed by atoms with Crippen LogP contribution < -0.4 is 5.73 Å². The summed E-state index contributed by atoms with van der Waals surface area (Å²) in [7, 11) is 0. The van der Waals surface area contributed by atoms with Crippen LogP contribution in [0.4, 0.5) is 0 Å². The number of nitrogens with zero attached hydrogens (tertiary/aromatic N) is 5. The number of hydrogen-bond donors (Lipinski definition) is 1. The summed E-state index contributed by atoms with van der Waals surface area (Å²) >= 11 is 0. The molecule has 0 bridgehead atoms. The van der Waals surface area contributed by atoms with Crippen molar-refractivity contribution in [1.82, 2.24) is 4.90 Å². The first-order valence-electron chi connectivity index (χ1n) is 2.60. The maximum atomic E-state index is 8.38. The van der Waals surface area contributed by atoms with Crippen LogP contribution in [0.3, 0.4) is 0 Å². The Hall–Kier alpha value is -2.70. The molecule has 12 heavy (non-hydrogen) atoms. The van der Waals surface area contributed by atoms with Crippen LogP contribution in [0.1, 0.15) is 0 Å². The van der Waals surface area contributed by atoms with Crippen molar-refractivity contribution >= 4 is 0 Å². The van der Waals surface area contributed by atoms with Gasteiger partial charge in [0.05, 0.1) is 0 Å². The summed E-state index contributed by atoms with van der Waals surface area (Å²) in [6.45, 7) is 0. The van der Waals surface area contributed by atoms with E-state index >= 15 is 0 Å². The quantitative estimate of drug-likeness (QED) is 0.310. The predicted molar refractivity (Wildman–Crippen MR) is 35.5 cm³/mol. The molecule has 0 aromatic heterocycles. The summed E-state index contributed by atoms with van der Waals surface area (Å²) in [5, 5.41) is 33.2. The average Bonchev–Trinajstić information content (AvgIpc) is 2.12. The Kier molecular flexibility index (Phi) is 3.23. The van der Waals surface area contributed by atoms with Crippen LogP contribution in [-0.2, 0) is 0 Å². The molecular weight excluding hydrogens is 156 g/mol. The minimum absolute atomic E-state index is 0.360. The van der Waals surface area contributed by atoms with Crippen molar-refractivity contribution in [2.45, 2.75) is 0 Å². The molecule has 0 aliphatic carbocycles. The normalized spacial score (nSPS) is 9.33. The Balaban J connectivity index is 5.17. The second-order valence-corrected chi connectivity index (χ2v) is 1.52. The van der Waals surface area contributed by atoms with Gasteiger partial charge < -0.3 is 5.73 Å². The molecule has 6 heteroatoms. The first-order valence-corrected chi connectivity index (χ1v) is 2.60. The van der Waals surface area contributed by atoms with E-state index in [-0.39, 0.29) is 0 Å². The van der Waals surface area contributed by atoms with Gasteiger partial charge in [-0.2, -0.15) is 25.9 Å². The van der Waals surface area contributed by atoms with Crippen molar-refractivity contribution in [2.24, 2.45) is 5.73 Å². The van der Waals surface area contributed by atoms with E-state index in [1.54, 1.807) is 0 Å². The van der Waals surface area contributed by atoms with Gasteiger partial charge in [-0.05, 0) is 0 Å². The van der Waals surface area contributed by atoms with E-state index in [2.05, 4.69) is 0 Å². The molecule has 6 nitrogen and oxygen atoms in total. The molecule has 0 rings (SSSR count). The zero-order chi connectivity index (χ0) is 9.56. The standard InChI is InChI=1S/C6H2N6/c7-1-5(11)6(2-8)12(3-9)4-10/h11H2/b6-5+. The summed E-state index contributed by atoms with van der Waals surface area (Å²) in [5.41, 5.74) is 4.12. The van der Waals surface area contributed by atoms with Gasteiger partial charge in [-0.1, -0.05) is 0 Å². The first-order chi connectivity index (χ1) is 5.71. The highest BCUT2D eigenvalue weighted by atomic mass is 15.1. The molecule has 0 radical (unpaired) electrons. The van der Waals surface area contributed by atoms with E-state index in [0.29, 0.717) is 4.90 Å². The topological polar surface area (TPSA) is 124 Å². The summed E-state index contributed by atoms with van der Waals surface area (Å²) in [6, 6.07) is 2.92. The monoisotopic (exact) mass is 158 g/mol. The number of hydrogen-bond acceptors (Lipinski definition) is 6. The Bertz CT molecular complexity index is 351. The van der Waals surface area contributed by atoms with Crippen molar-refractivity contribution in [1.29, 1.82) is 21.0 Å². The molecule has 0 fully saturated rings. The fourth-order valence-electron chi connectivity index (χ4n) is 0.406. The van der Waals surface area contributed by atoms with Gasteiger partial charge in [0.1, 0.15) is 17.8 Å². The van der Waals surface area contributed by atoms with Crippen LogP contribution in [0.5, 0.6) is 0 Å². The van der Waals surface area contributed by atoms with Gasteiger partial charge in [0.2, 0.25) is 0 Å². The minimum Gasteiger partial charge on any atom is -0.388 e. The molecule has 56 valence electrons. The Morgan fingerprint density at radius 2 is 1.50 bits per heavy atom. The first kappa shape index (κ1) is 9.30. The SMILES string of the molecule is N#C/C(N)=C(/C#N)N(C#N)C#N. The molecule has 0 spiro atoms. The second-order valence-electron chi connectivity index (χ2n) is 1.52. The maximum absolute atomic E-state index is 8.38. The lowest BCUT2D eigenvalue weighted by Gasteiger charge is -2.00. The third-order valence-electron chi connectivity index (χ3n) is 0.905. The largest absolute Gasteiger partial charge is 0.388 e. The highest BCUT2D eigenvalue weighted by Gasteiger charge is 2.11. The van der Waals surface area contributed by atoms with Crippen molar-refractivity contribution < 1.29 is 0 Å². The van der Waals surface area contributed by atoms with Crippen molar-refractivity contribution in [3.63, 3.8) is 0 Å². The summed E-state index contributed by atoms with van der Waals surface area (Å²) in [5.74, 6) is 0. The Labute approximate surface area is 68.5 Å². The lowest BCUT2D eigenvalue weighted by atomic mass is 10.3. The molecule has 0 atom stereocenters. The third kappa shape index (κ3) is 1.64. The molecule has 0 aromatic carbocycles. The minimum atomic E-state index is -0.458. The molecule has 0 aromatic rings. The average molecular weight is 158 g/mol. The number of nitriles is 4. The lowest BCUT2D eigenvalue weighted by Crippen LogP contribution is -2.14. The van der Waals surface area contributed by atoms with E-state index < -0.39 is 11.4 Å². The van der Waals surface area contributed by atoms with E-state index in [1.165, 1.54) is 24.5 Å². The van der Waals surface area contributed by atoms with Crippen molar-refractivity contribution in [3.8, 4) is 24.5 Å². The van der Waals surface area contributed by atoms with Crippen molar-refractivity contribution in [3.05, 3.63) is 11.4 Å². The molecule has 0 heterocycles. The van der Waals surface area contributed by atoms with Gasteiger partial charge in [-0.25, -0.2) is 0 Å². The maximum Gasteiger partial charge on any atom is 0.199 e. The smallest absolute Gasteiger partial charge is 0.199 e. The summed E-state index contributed by atoms with van der Waals surface area (Å²) < 4.78 is 0. The predicted octanol–water partition coefficient (Wildman–Crippen LogP) is -0.532. The number of rotatable bonds is 1. The Morgan fingerprint density at radius 3 is 1.75 bits per heavy atom. The van der Waals surface area contributed by atoms with Crippen LogP contribution in [-0.4, -0.2) is 4.90 Å². The molecule has 2 N–H and O–H groups in total. The molecule has 0 aliphatic heterocycles. The zero-order valence-corrected chi connectivity index (χ0v) is 5.81. The van der Waals surface area contributed by atoms with Gasteiger partial charge in [-0.15, -0.1) is 0 Å². The number of nitrogens with two attached hydrogens (primary N) is 1. The molecule has 0 saturated carbocycles. The van der Waals surface area contributed by atoms with Crippen molar-refractivity contribution in [2.75, 3.05) is 0 Å². The van der Waals surface area contributed by atoms with E-state index in [9.17, 15) is 0 Å². The van der Waals surface area contributed by atoms with Gasteiger partial charge in [0.25, 0.3) is 0 Å². The van der Waals surface area contributed by atoms with Gasteiger partial charge in [-0.3, -0.25) is 0 Å². The molecule has 0 aliphatic rings. The van der Waals surface area contributed by atoms with Gasteiger partial charge >= 0.3 is 0 Å². The fraction of sp³-hybridized carbons (Fsp3) is 0. The zero-order valence-electron chi connectivity index (χ0n) is 5.81. The summed E-state index contributed by atoms with van der Waals surface area (Å²) in [4.78, 5) is 0.360. The van der Waals surface area contributed by atoms with Crippen LogP contribution >= 0.6 is 0 Å². The molecule has 0 saturated heterocycles. The fourth-order valence-corrected chi connectivity index (χ4v) is 0.406. The second kappa shape index (κ2) is 4.17. The summed E-state index contributed by atoms with van der Waals surface area (Å²) in [6.07, 6.45) is 2.76. The van der Waals surface area contributed by atoms with Gasteiger partial charge in [0, 0.05) is 0 Å². The van der Waals surface area contributed by atoms with Gasteiger partial charge in [0.15, 0.2) is 18.1 Å².